The topological polar surface area (TPSA) is 69.9 Å². The molecule has 0 heterocycles. The lowest BCUT2D eigenvalue weighted by molar-refractivity contribution is 0.212. The Morgan fingerprint density at radius 3 is 1.97 bits per heavy atom. The molecule has 0 aliphatic heterocycles. The molecule has 3 N–H and O–H groups in total. The molecule has 4 nitrogen and oxygen atoms in total. The fraction of sp³-hybridized carbons (Fsp3) is 0.280. The van der Waals surface area contributed by atoms with Crippen molar-refractivity contribution in [3.05, 3.63) is 100 Å². The van der Waals surface area contributed by atoms with Gasteiger partial charge in [-0.05, 0) is 51.4 Å². The van der Waals surface area contributed by atoms with Crippen molar-refractivity contribution in [1.82, 2.24) is 0 Å². The molecule has 0 aliphatic carbocycles. The van der Waals surface area contributed by atoms with Crippen molar-refractivity contribution in [2.75, 3.05) is 0 Å². The first-order valence-corrected chi connectivity index (χ1v) is 9.85. The van der Waals surface area contributed by atoms with Crippen LogP contribution in [0.3, 0.4) is 0 Å². The predicted octanol–water partition coefficient (Wildman–Crippen LogP) is 4.46. The lowest BCUT2D eigenvalue weighted by atomic mass is 9.95. The largest absolute Gasteiger partial charge is 0.489 e. The summed E-state index contributed by atoms with van der Waals surface area (Å²) < 4.78 is 5.86. The molecule has 0 amide bonds. The zero-order valence-corrected chi connectivity index (χ0v) is 16.9. The van der Waals surface area contributed by atoms with E-state index >= 15 is 0 Å². The van der Waals surface area contributed by atoms with Gasteiger partial charge < -0.3 is 20.1 Å². The van der Waals surface area contributed by atoms with Gasteiger partial charge in [0.25, 0.3) is 0 Å². The zero-order valence-electron chi connectivity index (χ0n) is 16.9. The van der Waals surface area contributed by atoms with E-state index in [1.807, 2.05) is 24.3 Å². The Labute approximate surface area is 172 Å². The zero-order chi connectivity index (χ0) is 20.8. The Hall–Kier alpha value is -2.66. The van der Waals surface area contributed by atoms with E-state index in [2.05, 4.69) is 38.1 Å². The summed E-state index contributed by atoms with van der Waals surface area (Å²) in [7, 11) is 0. The fourth-order valence-electron chi connectivity index (χ4n) is 3.25. The van der Waals surface area contributed by atoms with E-state index < -0.39 is 6.10 Å². The van der Waals surface area contributed by atoms with Gasteiger partial charge in [-0.15, -0.1) is 0 Å². The predicted molar refractivity (Wildman–Crippen MR) is 114 cm³/mol. The number of aliphatic hydroxyl groups excluding tert-OH is 3. The summed E-state index contributed by atoms with van der Waals surface area (Å²) in [5.74, 6) is 1.24. The lowest BCUT2D eigenvalue weighted by Crippen LogP contribution is -2.05. The minimum absolute atomic E-state index is 0.102. The van der Waals surface area contributed by atoms with Crippen LogP contribution in [-0.2, 0) is 19.8 Å². The highest BCUT2D eigenvalue weighted by Gasteiger charge is 2.15. The van der Waals surface area contributed by atoms with Gasteiger partial charge in [-0.3, -0.25) is 0 Å². The third kappa shape index (κ3) is 5.24. The quantitative estimate of drug-likeness (QED) is 0.530. The van der Waals surface area contributed by atoms with Crippen LogP contribution in [0.15, 0.2) is 66.7 Å². The second-order valence-electron chi connectivity index (χ2n) is 7.51. The van der Waals surface area contributed by atoms with Crippen LogP contribution in [-0.4, -0.2) is 15.3 Å². The summed E-state index contributed by atoms with van der Waals surface area (Å²) in [5, 5.41) is 29.6. The SMILES string of the molecule is CC(C)c1ccc(COc2ccc(C(O)c3ccc(CO)cc3CO)cc2)cc1. The van der Waals surface area contributed by atoms with Crippen molar-refractivity contribution in [3.8, 4) is 5.75 Å². The number of ether oxygens (including phenoxy) is 1. The number of rotatable bonds is 8. The summed E-state index contributed by atoms with van der Waals surface area (Å²) >= 11 is 0. The van der Waals surface area contributed by atoms with E-state index in [1.165, 1.54) is 5.56 Å². The summed E-state index contributed by atoms with van der Waals surface area (Å²) in [5.41, 5.74) is 5.06. The van der Waals surface area contributed by atoms with Crippen molar-refractivity contribution in [2.45, 2.75) is 45.7 Å². The second kappa shape index (κ2) is 9.70. The van der Waals surface area contributed by atoms with Crippen molar-refractivity contribution >= 4 is 0 Å². The number of benzene rings is 3. The molecule has 0 aromatic heterocycles. The van der Waals surface area contributed by atoms with E-state index in [-0.39, 0.29) is 13.2 Å². The Kier molecular flexibility index (Phi) is 7.04. The van der Waals surface area contributed by atoms with Crippen LogP contribution in [0.25, 0.3) is 0 Å². The number of hydrogen-bond donors (Lipinski definition) is 3. The first-order valence-electron chi connectivity index (χ1n) is 9.85. The fourth-order valence-corrected chi connectivity index (χ4v) is 3.25. The molecular weight excluding hydrogens is 364 g/mol. The van der Waals surface area contributed by atoms with Crippen LogP contribution in [0.5, 0.6) is 5.75 Å². The van der Waals surface area contributed by atoms with E-state index in [1.54, 1.807) is 18.2 Å². The molecule has 0 bridgehead atoms. The van der Waals surface area contributed by atoms with Gasteiger partial charge in [-0.25, -0.2) is 0 Å². The molecule has 0 radical (unpaired) electrons. The van der Waals surface area contributed by atoms with Crippen LogP contribution in [0, 0.1) is 0 Å². The Bertz CT molecular complexity index is 915. The monoisotopic (exact) mass is 392 g/mol. The first kappa shape index (κ1) is 21.1. The normalized spacial score (nSPS) is 12.2. The molecule has 1 unspecified atom stereocenters. The second-order valence-corrected chi connectivity index (χ2v) is 7.51. The lowest BCUT2D eigenvalue weighted by Gasteiger charge is -2.16. The van der Waals surface area contributed by atoms with Gasteiger partial charge in [0.05, 0.1) is 13.2 Å². The van der Waals surface area contributed by atoms with Crippen LogP contribution in [0.4, 0.5) is 0 Å². The highest BCUT2D eigenvalue weighted by Crippen LogP contribution is 2.28. The smallest absolute Gasteiger partial charge is 0.119 e. The maximum Gasteiger partial charge on any atom is 0.119 e. The molecule has 3 aromatic carbocycles. The van der Waals surface area contributed by atoms with Gasteiger partial charge in [-0.1, -0.05) is 68.4 Å². The third-order valence-electron chi connectivity index (χ3n) is 5.10. The average molecular weight is 392 g/mol. The van der Waals surface area contributed by atoms with Gasteiger partial charge in [0.1, 0.15) is 18.5 Å². The van der Waals surface area contributed by atoms with Gasteiger partial charge in [-0.2, -0.15) is 0 Å². The molecular formula is C25H28O4. The van der Waals surface area contributed by atoms with Gasteiger partial charge in [0.15, 0.2) is 0 Å². The molecule has 3 aromatic rings. The van der Waals surface area contributed by atoms with E-state index in [0.717, 1.165) is 11.3 Å². The maximum absolute atomic E-state index is 10.7. The minimum atomic E-state index is -0.859. The van der Waals surface area contributed by atoms with Crippen molar-refractivity contribution < 1.29 is 20.1 Å². The van der Waals surface area contributed by atoms with Gasteiger partial charge in [0.2, 0.25) is 0 Å². The Morgan fingerprint density at radius 2 is 1.38 bits per heavy atom. The number of hydrogen-bond acceptors (Lipinski definition) is 4. The molecule has 29 heavy (non-hydrogen) atoms. The number of aliphatic hydroxyl groups is 3. The van der Waals surface area contributed by atoms with E-state index in [0.29, 0.717) is 34.8 Å². The minimum Gasteiger partial charge on any atom is -0.489 e. The Balaban J connectivity index is 1.66. The van der Waals surface area contributed by atoms with Crippen molar-refractivity contribution in [2.24, 2.45) is 0 Å². The summed E-state index contributed by atoms with van der Waals surface area (Å²) in [6, 6.07) is 20.9. The van der Waals surface area contributed by atoms with Crippen molar-refractivity contribution in [3.63, 3.8) is 0 Å². The Morgan fingerprint density at radius 1 is 0.759 bits per heavy atom. The van der Waals surface area contributed by atoms with E-state index in [4.69, 9.17) is 4.74 Å². The van der Waals surface area contributed by atoms with Crippen LogP contribution in [0.1, 0.15) is 59.3 Å². The molecule has 0 saturated carbocycles. The van der Waals surface area contributed by atoms with Gasteiger partial charge >= 0.3 is 0 Å². The van der Waals surface area contributed by atoms with Crippen LogP contribution >= 0.6 is 0 Å². The molecule has 4 heteroatoms. The maximum atomic E-state index is 10.7. The van der Waals surface area contributed by atoms with Crippen molar-refractivity contribution in [1.29, 1.82) is 0 Å². The summed E-state index contributed by atoms with van der Waals surface area (Å²) in [6.45, 7) is 4.53. The van der Waals surface area contributed by atoms with Crippen LogP contribution < -0.4 is 4.74 Å². The highest BCUT2D eigenvalue weighted by molar-refractivity contribution is 5.39. The summed E-state index contributed by atoms with van der Waals surface area (Å²) in [4.78, 5) is 0. The highest BCUT2D eigenvalue weighted by atomic mass is 16.5. The molecule has 0 fully saturated rings. The molecule has 1 atom stereocenters. The van der Waals surface area contributed by atoms with E-state index in [9.17, 15) is 15.3 Å². The first-order chi connectivity index (χ1) is 14.0. The molecule has 0 aliphatic rings. The molecule has 152 valence electrons. The average Bonchev–Trinajstić information content (AvgIpc) is 2.77. The van der Waals surface area contributed by atoms with Gasteiger partial charge in [0, 0.05) is 0 Å². The third-order valence-corrected chi connectivity index (χ3v) is 5.10. The summed E-state index contributed by atoms with van der Waals surface area (Å²) in [6.07, 6.45) is -0.859. The molecule has 0 spiro atoms. The standard InChI is InChI=1S/C25H28O4/c1-17(2)20-6-3-18(4-7-20)16-29-23-10-8-21(9-11-23)25(28)24-12-5-19(14-26)13-22(24)15-27/h3-13,17,25-28H,14-16H2,1-2H3. The molecule has 3 rings (SSSR count). The molecule has 0 saturated heterocycles. The van der Waals surface area contributed by atoms with Crippen LogP contribution in [0.2, 0.25) is 0 Å².